The van der Waals surface area contributed by atoms with Crippen LogP contribution in [-0.2, 0) is 0 Å². The first-order valence-corrected chi connectivity index (χ1v) is 4.79. The first-order chi connectivity index (χ1) is 6.56. The number of nitrogens with zero attached hydrogens (tertiary/aromatic N) is 1. The molecule has 0 fully saturated rings. The summed E-state index contributed by atoms with van der Waals surface area (Å²) in [6.45, 7) is 5.83. The number of hydrogen-bond donors (Lipinski definition) is 1. The Morgan fingerprint density at radius 3 is 2.36 bits per heavy atom. The molecule has 78 valence electrons. The highest BCUT2D eigenvalue weighted by atomic mass is 16.5. The first kappa shape index (κ1) is 11.0. The number of methoxy groups -OCH3 is 1. The van der Waals surface area contributed by atoms with E-state index in [1.807, 2.05) is 12.1 Å². The molecule has 0 aliphatic heterocycles. The van der Waals surface area contributed by atoms with E-state index in [1.54, 1.807) is 14.0 Å². The van der Waals surface area contributed by atoms with E-state index in [0.29, 0.717) is 17.4 Å². The highest BCUT2D eigenvalue weighted by Gasteiger charge is 2.12. The molecule has 1 aromatic rings. The van der Waals surface area contributed by atoms with Crippen LogP contribution >= 0.6 is 0 Å². The fraction of sp³-hybridized carbons (Fsp3) is 0.545. The van der Waals surface area contributed by atoms with Gasteiger partial charge in [0.15, 0.2) is 0 Å². The van der Waals surface area contributed by atoms with Gasteiger partial charge in [0, 0.05) is 5.69 Å². The second-order valence-corrected chi connectivity index (χ2v) is 3.65. The summed E-state index contributed by atoms with van der Waals surface area (Å²) >= 11 is 0. The number of pyridine rings is 1. The molecule has 0 spiro atoms. The Morgan fingerprint density at radius 1 is 1.29 bits per heavy atom. The second-order valence-electron chi connectivity index (χ2n) is 3.65. The molecule has 3 nitrogen and oxygen atoms in total. The van der Waals surface area contributed by atoms with Gasteiger partial charge in [-0.15, -0.1) is 0 Å². The Morgan fingerprint density at radius 2 is 1.93 bits per heavy atom. The lowest BCUT2D eigenvalue weighted by Gasteiger charge is -2.13. The molecule has 0 saturated heterocycles. The van der Waals surface area contributed by atoms with Gasteiger partial charge in [0.2, 0.25) is 0 Å². The summed E-state index contributed by atoms with van der Waals surface area (Å²) in [6.07, 6.45) is -0.594. The third-order valence-electron chi connectivity index (χ3n) is 2.11. The predicted octanol–water partition coefficient (Wildman–Crippen LogP) is 2.27. The first-order valence-electron chi connectivity index (χ1n) is 4.79. The number of rotatable bonds is 3. The molecular weight excluding hydrogens is 178 g/mol. The van der Waals surface area contributed by atoms with E-state index in [-0.39, 0.29) is 0 Å². The summed E-state index contributed by atoms with van der Waals surface area (Å²) in [5, 5.41) is 9.50. The standard InChI is InChI=1S/C11H17NO2/c1-7(2)9-5-6-10(14-4)11(12-9)8(3)13/h5-8,13H,1-4H3. The Balaban J connectivity index is 3.14. The maximum atomic E-state index is 9.50. The molecule has 14 heavy (non-hydrogen) atoms. The van der Waals surface area contributed by atoms with E-state index >= 15 is 0 Å². The number of aromatic nitrogens is 1. The Hall–Kier alpha value is -1.09. The van der Waals surface area contributed by atoms with E-state index in [1.165, 1.54) is 0 Å². The fourth-order valence-corrected chi connectivity index (χ4v) is 1.27. The van der Waals surface area contributed by atoms with E-state index in [0.717, 1.165) is 5.69 Å². The predicted molar refractivity (Wildman–Crippen MR) is 55.5 cm³/mol. The van der Waals surface area contributed by atoms with Crippen molar-refractivity contribution in [2.24, 2.45) is 0 Å². The van der Waals surface area contributed by atoms with Crippen molar-refractivity contribution in [3.63, 3.8) is 0 Å². The minimum atomic E-state index is -0.594. The second kappa shape index (κ2) is 4.42. The molecule has 0 radical (unpaired) electrons. The van der Waals surface area contributed by atoms with Crippen molar-refractivity contribution in [1.29, 1.82) is 0 Å². The van der Waals surface area contributed by atoms with Crippen molar-refractivity contribution in [2.45, 2.75) is 32.8 Å². The van der Waals surface area contributed by atoms with Gasteiger partial charge >= 0.3 is 0 Å². The third kappa shape index (κ3) is 2.23. The van der Waals surface area contributed by atoms with Crippen LogP contribution in [0.3, 0.4) is 0 Å². The van der Waals surface area contributed by atoms with Gasteiger partial charge in [-0.1, -0.05) is 13.8 Å². The van der Waals surface area contributed by atoms with Crippen LogP contribution in [0, 0.1) is 0 Å². The van der Waals surface area contributed by atoms with E-state index in [4.69, 9.17) is 4.74 Å². The summed E-state index contributed by atoms with van der Waals surface area (Å²) in [4.78, 5) is 4.37. The van der Waals surface area contributed by atoms with Gasteiger partial charge in [0.05, 0.1) is 13.2 Å². The Bertz CT molecular complexity index is 308. The summed E-state index contributed by atoms with van der Waals surface area (Å²) in [6, 6.07) is 3.78. The Labute approximate surface area is 84.7 Å². The maximum Gasteiger partial charge on any atom is 0.143 e. The van der Waals surface area contributed by atoms with Crippen LogP contribution in [0.1, 0.15) is 44.2 Å². The average molecular weight is 195 g/mol. The highest BCUT2D eigenvalue weighted by molar-refractivity contribution is 5.31. The number of aliphatic hydroxyl groups excluding tert-OH is 1. The summed E-state index contributed by atoms with van der Waals surface area (Å²) in [5.41, 5.74) is 1.58. The molecule has 1 aromatic heterocycles. The summed E-state index contributed by atoms with van der Waals surface area (Å²) in [5.74, 6) is 1.00. The van der Waals surface area contributed by atoms with Gasteiger partial charge in [-0.2, -0.15) is 0 Å². The van der Waals surface area contributed by atoms with Crippen LogP contribution in [0.4, 0.5) is 0 Å². The molecule has 3 heteroatoms. The molecule has 1 heterocycles. The fourth-order valence-electron chi connectivity index (χ4n) is 1.27. The average Bonchev–Trinajstić information content (AvgIpc) is 2.16. The van der Waals surface area contributed by atoms with Crippen LogP contribution in [0.2, 0.25) is 0 Å². The molecule has 1 unspecified atom stereocenters. The van der Waals surface area contributed by atoms with Gasteiger partial charge in [-0.3, -0.25) is 4.98 Å². The summed E-state index contributed by atoms with van der Waals surface area (Å²) in [7, 11) is 1.58. The topological polar surface area (TPSA) is 42.4 Å². The lowest BCUT2D eigenvalue weighted by Crippen LogP contribution is -2.03. The molecule has 1 rings (SSSR count). The number of aliphatic hydroxyl groups is 1. The van der Waals surface area contributed by atoms with Crippen molar-refractivity contribution in [3.05, 3.63) is 23.5 Å². The van der Waals surface area contributed by atoms with Crippen LogP contribution in [-0.4, -0.2) is 17.2 Å². The van der Waals surface area contributed by atoms with Gasteiger partial charge in [-0.25, -0.2) is 0 Å². The number of hydrogen-bond acceptors (Lipinski definition) is 3. The van der Waals surface area contributed by atoms with Crippen molar-refractivity contribution >= 4 is 0 Å². The lowest BCUT2D eigenvalue weighted by molar-refractivity contribution is 0.188. The van der Waals surface area contributed by atoms with Crippen LogP contribution in [0.5, 0.6) is 5.75 Å². The third-order valence-corrected chi connectivity index (χ3v) is 2.11. The number of ether oxygens (including phenoxy) is 1. The minimum Gasteiger partial charge on any atom is -0.495 e. The van der Waals surface area contributed by atoms with Crippen molar-refractivity contribution in [3.8, 4) is 5.75 Å². The lowest BCUT2D eigenvalue weighted by atomic mass is 10.1. The molecule has 0 aliphatic rings. The van der Waals surface area contributed by atoms with Crippen LogP contribution < -0.4 is 4.74 Å². The molecule has 0 bridgehead atoms. The normalized spacial score (nSPS) is 13.0. The zero-order chi connectivity index (χ0) is 10.7. The molecular formula is C11H17NO2. The molecule has 0 aliphatic carbocycles. The van der Waals surface area contributed by atoms with Crippen molar-refractivity contribution in [1.82, 2.24) is 4.98 Å². The highest BCUT2D eigenvalue weighted by Crippen LogP contribution is 2.25. The SMILES string of the molecule is COc1ccc(C(C)C)nc1C(C)O. The molecule has 0 saturated carbocycles. The van der Waals surface area contributed by atoms with Crippen LogP contribution in [0.15, 0.2) is 12.1 Å². The quantitative estimate of drug-likeness (QED) is 0.804. The molecule has 1 N–H and O–H groups in total. The van der Waals surface area contributed by atoms with E-state index < -0.39 is 6.10 Å². The largest absolute Gasteiger partial charge is 0.495 e. The molecule has 1 atom stereocenters. The molecule has 0 aromatic carbocycles. The summed E-state index contributed by atoms with van der Waals surface area (Å²) < 4.78 is 5.12. The van der Waals surface area contributed by atoms with Crippen molar-refractivity contribution in [2.75, 3.05) is 7.11 Å². The Kier molecular flexibility index (Phi) is 3.47. The van der Waals surface area contributed by atoms with Gasteiger partial charge in [-0.05, 0) is 25.0 Å². The van der Waals surface area contributed by atoms with E-state index in [2.05, 4.69) is 18.8 Å². The van der Waals surface area contributed by atoms with Gasteiger partial charge < -0.3 is 9.84 Å². The molecule has 0 amide bonds. The van der Waals surface area contributed by atoms with Crippen molar-refractivity contribution < 1.29 is 9.84 Å². The van der Waals surface area contributed by atoms with Gasteiger partial charge in [0.25, 0.3) is 0 Å². The zero-order valence-electron chi connectivity index (χ0n) is 9.11. The smallest absolute Gasteiger partial charge is 0.143 e. The monoisotopic (exact) mass is 195 g/mol. The van der Waals surface area contributed by atoms with Crippen LogP contribution in [0.25, 0.3) is 0 Å². The van der Waals surface area contributed by atoms with E-state index in [9.17, 15) is 5.11 Å². The zero-order valence-corrected chi connectivity index (χ0v) is 9.11. The minimum absolute atomic E-state index is 0.360. The van der Waals surface area contributed by atoms with Gasteiger partial charge in [0.1, 0.15) is 11.4 Å². The maximum absolute atomic E-state index is 9.50.